The molecule has 4 atom stereocenters. The molecule has 4 N–H and O–H groups in total. The Morgan fingerprint density at radius 3 is 2.41 bits per heavy atom. The summed E-state index contributed by atoms with van der Waals surface area (Å²) < 4.78 is 32.3. The van der Waals surface area contributed by atoms with Gasteiger partial charge in [0.1, 0.15) is 24.4 Å². The van der Waals surface area contributed by atoms with Crippen molar-refractivity contribution in [2.45, 2.75) is 38.3 Å². The number of anilines is 1. The molecule has 29 heavy (non-hydrogen) atoms. The number of sulfonamides is 1. The summed E-state index contributed by atoms with van der Waals surface area (Å²) in [5.74, 6) is 0. The lowest BCUT2D eigenvalue weighted by molar-refractivity contribution is -0.184. The molecule has 1 aliphatic heterocycles. The third-order valence-corrected chi connectivity index (χ3v) is 6.13. The lowest BCUT2D eigenvalue weighted by Crippen LogP contribution is -2.56. The smallest absolute Gasteiger partial charge is 0.250 e. The second kappa shape index (κ2) is 10.2. The molecule has 0 unspecified atom stereocenters. The first-order valence-electron chi connectivity index (χ1n) is 9.35. The molecular formula is C19H27N3O6S. The van der Waals surface area contributed by atoms with E-state index in [0.717, 1.165) is 18.8 Å². The summed E-state index contributed by atoms with van der Waals surface area (Å²) in [6.07, 6.45) is -3.93. The van der Waals surface area contributed by atoms with Gasteiger partial charge in [0.05, 0.1) is 12.7 Å². The SMILES string of the molecule is CCN(CC)c1ccc(/C=C(\C#N)S(=O)(=O)NC[C@H]2OC[C@H](O)[C@@H](O)[C@@H]2O)cc1. The number of rotatable bonds is 8. The number of benzene rings is 1. The van der Waals surface area contributed by atoms with Crippen LogP contribution in [0.15, 0.2) is 29.2 Å². The van der Waals surface area contributed by atoms with E-state index in [4.69, 9.17) is 4.74 Å². The maximum atomic E-state index is 12.5. The Kier molecular flexibility index (Phi) is 8.15. The van der Waals surface area contributed by atoms with Crippen LogP contribution in [0.25, 0.3) is 6.08 Å². The van der Waals surface area contributed by atoms with Gasteiger partial charge < -0.3 is 25.0 Å². The van der Waals surface area contributed by atoms with Crippen molar-refractivity contribution in [1.29, 1.82) is 5.26 Å². The number of ether oxygens (including phenoxy) is 1. The highest BCUT2D eigenvalue weighted by atomic mass is 32.2. The molecule has 2 rings (SSSR count). The van der Waals surface area contributed by atoms with Gasteiger partial charge in [0.2, 0.25) is 0 Å². The molecule has 160 valence electrons. The highest BCUT2D eigenvalue weighted by Crippen LogP contribution is 2.19. The number of hydrogen-bond acceptors (Lipinski definition) is 8. The van der Waals surface area contributed by atoms with Crippen LogP contribution < -0.4 is 9.62 Å². The van der Waals surface area contributed by atoms with Crippen LogP contribution in [-0.2, 0) is 14.8 Å². The topological polar surface area (TPSA) is 143 Å². The lowest BCUT2D eigenvalue weighted by atomic mass is 10.0. The van der Waals surface area contributed by atoms with Gasteiger partial charge in [-0.05, 0) is 37.6 Å². The average molecular weight is 426 g/mol. The predicted molar refractivity (Wildman–Crippen MR) is 108 cm³/mol. The van der Waals surface area contributed by atoms with E-state index in [1.807, 2.05) is 26.0 Å². The third-order valence-electron chi connectivity index (χ3n) is 4.80. The Labute approximate surface area is 170 Å². The Hall–Kier alpha value is -2.00. The minimum absolute atomic E-state index is 0.232. The van der Waals surface area contributed by atoms with Crippen molar-refractivity contribution in [2.24, 2.45) is 0 Å². The van der Waals surface area contributed by atoms with Gasteiger partial charge in [-0.15, -0.1) is 0 Å². The molecule has 9 nitrogen and oxygen atoms in total. The largest absolute Gasteiger partial charge is 0.388 e. The van der Waals surface area contributed by atoms with Crippen molar-refractivity contribution in [3.05, 3.63) is 34.7 Å². The van der Waals surface area contributed by atoms with Crippen molar-refractivity contribution < 1.29 is 28.5 Å². The summed E-state index contributed by atoms with van der Waals surface area (Å²) in [7, 11) is -4.16. The van der Waals surface area contributed by atoms with Crippen molar-refractivity contribution in [1.82, 2.24) is 4.72 Å². The van der Waals surface area contributed by atoms with Crippen LogP contribution in [0.2, 0.25) is 0 Å². The molecule has 0 amide bonds. The normalized spacial score (nSPS) is 25.4. The zero-order valence-electron chi connectivity index (χ0n) is 16.4. The standard InChI is InChI=1S/C19H27N3O6S/c1-3-22(4-2)14-7-5-13(6-8-14)9-15(10-20)29(26,27)21-11-17-19(25)18(24)16(23)12-28-17/h5-9,16-19,21,23-25H,3-4,11-12H2,1-2H3/b15-9+/t16-,17+,18+,19+/m0/s1. The fraction of sp³-hybridized carbons (Fsp3) is 0.526. The van der Waals surface area contributed by atoms with E-state index >= 15 is 0 Å². The summed E-state index contributed by atoms with van der Waals surface area (Å²) in [6, 6.07) is 8.84. The summed E-state index contributed by atoms with van der Waals surface area (Å²) >= 11 is 0. The van der Waals surface area contributed by atoms with Crippen LogP contribution in [0, 0.1) is 11.3 Å². The van der Waals surface area contributed by atoms with Gasteiger partial charge in [0, 0.05) is 25.3 Å². The second-order valence-electron chi connectivity index (χ2n) is 6.66. The zero-order valence-corrected chi connectivity index (χ0v) is 17.2. The fourth-order valence-corrected chi connectivity index (χ4v) is 3.96. The third kappa shape index (κ3) is 5.76. The molecule has 0 radical (unpaired) electrons. The Bertz CT molecular complexity index is 846. The maximum absolute atomic E-state index is 12.5. The Morgan fingerprint density at radius 2 is 1.86 bits per heavy atom. The van der Waals surface area contributed by atoms with Crippen LogP contribution in [0.1, 0.15) is 19.4 Å². The summed E-state index contributed by atoms with van der Waals surface area (Å²) in [5, 5.41) is 38.3. The molecule has 0 bridgehead atoms. The number of nitriles is 1. The van der Waals surface area contributed by atoms with Crippen LogP contribution >= 0.6 is 0 Å². The monoisotopic (exact) mass is 425 g/mol. The van der Waals surface area contributed by atoms with Crippen molar-refractivity contribution in [2.75, 3.05) is 31.1 Å². The minimum Gasteiger partial charge on any atom is -0.388 e. The lowest BCUT2D eigenvalue weighted by Gasteiger charge is -2.35. The molecule has 1 aliphatic rings. The molecule has 1 aromatic rings. The van der Waals surface area contributed by atoms with E-state index in [2.05, 4.69) is 9.62 Å². The first kappa shape index (κ1) is 23.3. The van der Waals surface area contributed by atoms with Crippen molar-refractivity contribution >= 4 is 21.8 Å². The van der Waals surface area contributed by atoms with Crippen LogP contribution in [0.5, 0.6) is 0 Å². The minimum atomic E-state index is -4.16. The molecule has 10 heteroatoms. The quantitative estimate of drug-likeness (QED) is 0.419. The van der Waals surface area contributed by atoms with Crippen LogP contribution in [0.3, 0.4) is 0 Å². The Balaban J connectivity index is 2.10. The maximum Gasteiger partial charge on any atom is 0.250 e. The van der Waals surface area contributed by atoms with E-state index in [1.165, 1.54) is 6.08 Å². The fourth-order valence-electron chi connectivity index (χ4n) is 3.01. The number of nitrogens with one attached hydrogen (secondary N) is 1. The highest BCUT2D eigenvalue weighted by molar-refractivity contribution is 7.93. The average Bonchev–Trinajstić information content (AvgIpc) is 2.71. The van der Waals surface area contributed by atoms with Gasteiger partial charge in [-0.25, -0.2) is 13.1 Å². The van der Waals surface area contributed by atoms with E-state index < -0.39 is 39.3 Å². The number of aliphatic hydroxyl groups is 3. The molecule has 0 aliphatic carbocycles. The summed E-state index contributed by atoms with van der Waals surface area (Å²) in [5.41, 5.74) is 1.55. The van der Waals surface area contributed by atoms with Gasteiger partial charge in [0.15, 0.2) is 4.91 Å². The molecule has 1 saturated heterocycles. The molecule has 0 spiro atoms. The van der Waals surface area contributed by atoms with Gasteiger partial charge in [-0.3, -0.25) is 0 Å². The Morgan fingerprint density at radius 1 is 1.24 bits per heavy atom. The molecule has 1 heterocycles. The molecule has 1 aromatic carbocycles. The second-order valence-corrected chi connectivity index (χ2v) is 8.39. The summed E-state index contributed by atoms with van der Waals surface area (Å²) in [6.45, 7) is 5.17. The van der Waals surface area contributed by atoms with Crippen molar-refractivity contribution in [3.8, 4) is 6.07 Å². The molecule has 0 aromatic heterocycles. The zero-order chi connectivity index (χ0) is 21.6. The van der Waals surface area contributed by atoms with E-state index in [0.29, 0.717) is 5.56 Å². The van der Waals surface area contributed by atoms with E-state index in [1.54, 1.807) is 18.2 Å². The van der Waals surface area contributed by atoms with Crippen molar-refractivity contribution in [3.63, 3.8) is 0 Å². The van der Waals surface area contributed by atoms with E-state index in [-0.39, 0.29) is 13.2 Å². The molecular weight excluding hydrogens is 398 g/mol. The predicted octanol–water partition coefficient (Wildman–Crippen LogP) is -0.202. The number of aliphatic hydroxyl groups excluding tert-OH is 3. The highest BCUT2D eigenvalue weighted by Gasteiger charge is 2.38. The summed E-state index contributed by atoms with van der Waals surface area (Å²) in [4.78, 5) is 1.65. The van der Waals surface area contributed by atoms with Gasteiger partial charge >= 0.3 is 0 Å². The van der Waals surface area contributed by atoms with Crippen LogP contribution in [-0.4, -0.2) is 74.4 Å². The number of nitrogens with zero attached hydrogens (tertiary/aromatic N) is 2. The van der Waals surface area contributed by atoms with Crippen LogP contribution in [0.4, 0.5) is 5.69 Å². The molecule has 1 fully saturated rings. The molecule has 0 saturated carbocycles. The van der Waals surface area contributed by atoms with Gasteiger partial charge in [0.25, 0.3) is 10.0 Å². The number of allylic oxidation sites excluding steroid dienone is 1. The number of hydrogen-bond donors (Lipinski definition) is 4. The van der Waals surface area contributed by atoms with Gasteiger partial charge in [-0.1, -0.05) is 12.1 Å². The van der Waals surface area contributed by atoms with E-state index in [9.17, 15) is 29.0 Å². The first-order valence-corrected chi connectivity index (χ1v) is 10.8. The first-order chi connectivity index (χ1) is 13.7. The van der Waals surface area contributed by atoms with Gasteiger partial charge in [-0.2, -0.15) is 5.26 Å².